The SMILES string of the molecule is Cc1ccccc1CSCC(=O)Nc1c(C)cccc1N. The molecule has 0 atom stereocenters. The number of anilines is 2. The van der Waals surface area contributed by atoms with Crippen LogP contribution in [0.15, 0.2) is 42.5 Å². The zero-order valence-electron chi connectivity index (χ0n) is 12.3. The molecule has 0 aliphatic heterocycles. The molecule has 1 amide bonds. The average molecular weight is 300 g/mol. The van der Waals surface area contributed by atoms with Crippen LogP contribution < -0.4 is 11.1 Å². The first kappa shape index (κ1) is 15.4. The van der Waals surface area contributed by atoms with Gasteiger partial charge in [0.15, 0.2) is 0 Å². The minimum Gasteiger partial charge on any atom is -0.397 e. The van der Waals surface area contributed by atoms with E-state index in [1.807, 2.05) is 31.2 Å². The lowest BCUT2D eigenvalue weighted by atomic mass is 10.1. The van der Waals surface area contributed by atoms with Crippen LogP contribution in [0.5, 0.6) is 0 Å². The fraction of sp³-hybridized carbons (Fsp3) is 0.235. The van der Waals surface area contributed by atoms with Gasteiger partial charge in [-0.05, 0) is 36.6 Å². The molecule has 3 nitrogen and oxygen atoms in total. The Hall–Kier alpha value is -1.94. The molecule has 0 heterocycles. The Morgan fingerprint density at radius 2 is 1.81 bits per heavy atom. The van der Waals surface area contributed by atoms with Gasteiger partial charge in [0.2, 0.25) is 5.91 Å². The number of nitrogen functional groups attached to an aromatic ring is 1. The number of carbonyl (C=O) groups excluding carboxylic acids is 1. The lowest BCUT2D eigenvalue weighted by molar-refractivity contribution is -0.113. The molecule has 0 saturated heterocycles. The number of para-hydroxylation sites is 1. The van der Waals surface area contributed by atoms with Crippen LogP contribution >= 0.6 is 11.8 Å². The molecule has 0 radical (unpaired) electrons. The number of aryl methyl sites for hydroxylation is 2. The molecular formula is C17H20N2OS. The van der Waals surface area contributed by atoms with Crippen molar-refractivity contribution in [3.8, 4) is 0 Å². The lowest BCUT2D eigenvalue weighted by Crippen LogP contribution is -2.16. The first-order valence-corrected chi connectivity index (χ1v) is 8.00. The van der Waals surface area contributed by atoms with Gasteiger partial charge in [-0.15, -0.1) is 11.8 Å². The summed E-state index contributed by atoms with van der Waals surface area (Å²) in [5, 5.41) is 2.89. The van der Waals surface area contributed by atoms with Crippen molar-refractivity contribution in [2.45, 2.75) is 19.6 Å². The van der Waals surface area contributed by atoms with Crippen LogP contribution in [0.2, 0.25) is 0 Å². The fourth-order valence-corrected chi connectivity index (χ4v) is 2.97. The molecule has 0 fully saturated rings. The van der Waals surface area contributed by atoms with Crippen molar-refractivity contribution in [2.24, 2.45) is 0 Å². The van der Waals surface area contributed by atoms with Crippen molar-refractivity contribution in [1.29, 1.82) is 0 Å². The highest BCUT2D eigenvalue weighted by atomic mass is 32.2. The van der Waals surface area contributed by atoms with E-state index >= 15 is 0 Å². The maximum atomic E-state index is 12.0. The second kappa shape index (κ2) is 7.18. The number of nitrogens with two attached hydrogens (primary N) is 1. The van der Waals surface area contributed by atoms with Gasteiger partial charge in [-0.1, -0.05) is 36.4 Å². The van der Waals surface area contributed by atoms with Gasteiger partial charge < -0.3 is 11.1 Å². The van der Waals surface area contributed by atoms with Crippen molar-refractivity contribution >= 4 is 29.0 Å². The lowest BCUT2D eigenvalue weighted by Gasteiger charge is -2.11. The third-order valence-electron chi connectivity index (χ3n) is 3.32. The highest BCUT2D eigenvalue weighted by molar-refractivity contribution is 7.99. The molecule has 0 bridgehead atoms. The average Bonchev–Trinajstić information content (AvgIpc) is 2.45. The number of thioether (sulfide) groups is 1. The summed E-state index contributed by atoms with van der Waals surface area (Å²) in [4.78, 5) is 12.0. The van der Waals surface area contributed by atoms with E-state index in [1.54, 1.807) is 17.8 Å². The van der Waals surface area contributed by atoms with E-state index in [4.69, 9.17) is 5.73 Å². The van der Waals surface area contributed by atoms with Gasteiger partial charge in [0.1, 0.15) is 0 Å². The maximum Gasteiger partial charge on any atom is 0.234 e. The molecule has 0 aromatic heterocycles. The molecule has 3 N–H and O–H groups in total. The molecule has 2 aromatic carbocycles. The molecule has 0 aliphatic carbocycles. The van der Waals surface area contributed by atoms with Crippen LogP contribution in [0.25, 0.3) is 0 Å². The Bertz CT molecular complexity index is 620. The third kappa shape index (κ3) is 4.26. The van der Waals surface area contributed by atoms with Crippen LogP contribution in [0.1, 0.15) is 16.7 Å². The normalized spacial score (nSPS) is 10.4. The topological polar surface area (TPSA) is 55.1 Å². The standard InChI is InChI=1S/C17H20N2OS/c1-12-6-3-4-8-14(12)10-21-11-16(20)19-17-13(2)7-5-9-15(17)18/h3-9H,10-11,18H2,1-2H3,(H,19,20). The summed E-state index contributed by atoms with van der Waals surface area (Å²) in [5.41, 5.74) is 10.7. The summed E-state index contributed by atoms with van der Waals surface area (Å²) < 4.78 is 0. The summed E-state index contributed by atoms with van der Waals surface area (Å²) in [6, 6.07) is 13.8. The monoisotopic (exact) mass is 300 g/mol. The summed E-state index contributed by atoms with van der Waals surface area (Å²) in [6.45, 7) is 4.02. The quantitative estimate of drug-likeness (QED) is 0.827. The summed E-state index contributed by atoms with van der Waals surface area (Å²) in [5.74, 6) is 1.24. The van der Waals surface area contributed by atoms with Gasteiger partial charge in [-0.3, -0.25) is 4.79 Å². The molecular weight excluding hydrogens is 280 g/mol. The minimum absolute atomic E-state index is 0.0189. The van der Waals surface area contributed by atoms with E-state index in [2.05, 4.69) is 24.4 Å². The Morgan fingerprint density at radius 1 is 1.10 bits per heavy atom. The van der Waals surface area contributed by atoms with Gasteiger partial charge >= 0.3 is 0 Å². The molecule has 0 saturated carbocycles. The van der Waals surface area contributed by atoms with E-state index in [0.717, 1.165) is 17.0 Å². The maximum absolute atomic E-state index is 12.0. The molecule has 0 unspecified atom stereocenters. The molecule has 0 spiro atoms. The molecule has 4 heteroatoms. The van der Waals surface area contributed by atoms with Crippen LogP contribution in [0, 0.1) is 13.8 Å². The number of benzene rings is 2. The third-order valence-corrected chi connectivity index (χ3v) is 4.30. The Kier molecular flexibility index (Phi) is 5.28. The molecule has 110 valence electrons. The van der Waals surface area contributed by atoms with Crippen LogP contribution in [0.3, 0.4) is 0 Å². The van der Waals surface area contributed by atoms with Crippen molar-refractivity contribution in [2.75, 3.05) is 16.8 Å². The number of hydrogen-bond donors (Lipinski definition) is 2. The predicted octanol–water partition coefficient (Wildman–Crippen LogP) is 3.76. The summed E-state index contributed by atoms with van der Waals surface area (Å²) in [6.07, 6.45) is 0. The van der Waals surface area contributed by atoms with E-state index in [0.29, 0.717) is 11.4 Å². The highest BCUT2D eigenvalue weighted by Gasteiger charge is 2.08. The fourth-order valence-electron chi connectivity index (χ4n) is 2.06. The largest absolute Gasteiger partial charge is 0.397 e. The second-order valence-corrected chi connectivity index (χ2v) is 5.99. The van der Waals surface area contributed by atoms with E-state index in [-0.39, 0.29) is 5.91 Å². The number of nitrogens with one attached hydrogen (secondary N) is 1. The van der Waals surface area contributed by atoms with Gasteiger partial charge in [-0.2, -0.15) is 0 Å². The molecule has 2 rings (SSSR count). The number of rotatable bonds is 5. The zero-order chi connectivity index (χ0) is 15.2. The van der Waals surface area contributed by atoms with Gasteiger partial charge in [0.05, 0.1) is 17.1 Å². The Balaban J connectivity index is 1.87. The number of hydrogen-bond acceptors (Lipinski definition) is 3. The highest BCUT2D eigenvalue weighted by Crippen LogP contribution is 2.23. The first-order valence-electron chi connectivity index (χ1n) is 6.85. The van der Waals surface area contributed by atoms with Gasteiger partial charge in [0.25, 0.3) is 0 Å². The Morgan fingerprint density at radius 3 is 2.52 bits per heavy atom. The molecule has 0 aliphatic rings. The second-order valence-electron chi connectivity index (χ2n) is 5.01. The molecule has 21 heavy (non-hydrogen) atoms. The van der Waals surface area contributed by atoms with Crippen molar-refractivity contribution in [3.05, 3.63) is 59.2 Å². The number of carbonyl (C=O) groups is 1. The minimum atomic E-state index is -0.0189. The van der Waals surface area contributed by atoms with Gasteiger partial charge in [-0.25, -0.2) is 0 Å². The number of amides is 1. The van der Waals surface area contributed by atoms with Gasteiger partial charge in [0, 0.05) is 5.75 Å². The van der Waals surface area contributed by atoms with E-state index < -0.39 is 0 Å². The van der Waals surface area contributed by atoms with Crippen molar-refractivity contribution in [3.63, 3.8) is 0 Å². The van der Waals surface area contributed by atoms with Crippen LogP contribution in [-0.4, -0.2) is 11.7 Å². The van der Waals surface area contributed by atoms with E-state index in [9.17, 15) is 4.79 Å². The van der Waals surface area contributed by atoms with Crippen molar-refractivity contribution in [1.82, 2.24) is 0 Å². The zero-order valence-corrected chi connectivity index (χ0v) is 13.2. The summed E-state index contributed by atoms with van der Waals surface area (Å²) >= 11 is 1.61. The smallest absolute Gasteiger partial charge is 0.234 e. The Labute approximate surface area is 129 Å². The predicted molar refractivity (Wildman–Crippen MR) is 91.6 cm³/mol. The van der Waals surface area contributed by atoms with E-state index in [1.165, 1.54) is 11.1 Å². The van der Waals surface area contributed by atoms with Crippen LogP contribution in [0.4, 0.5) is 11.4 Å². The van der Waals surface area contributed by atoms with Crippen LogP contribution in [-0.2, 0) is 10.5 Å². The first-order chi connectivity index (χ1) is 10.1. The summed E-state index contributed by atoms with van der Waals surface area (Å²) in [7, 11) is 0. The van der Waals surface area contributed by atoms with Crippen molar-refractivity contribution < 1.29 is 4.79 Å². The molecule has 2 aromatic rings.